The smallest absolute Gasteiger partial charge is 0.180 e. The highest BCUT2D eigenvalue weighted by Crippen LogP contribution is 2.24. The van der Waals surface area contributed by atoms with Crippen molar-refractivity contribution in [3.05, 3.63) is 41.4 Å². The Kier molecular flexibility index (Phi) is 4.26. The van der Waals surface area contributed by atoms with Crippen LogP contribution < -0.4 is 5.73 Å². The van der Waals surface area contributed by atoms with E-state index in [-0.39, 0.29) is 16.3 Å². The topological polar surface area (TPSA) is 78.0 Å². The first-order valence-corrected chi connectivity index (χ1v) is 8.17. The third-order valence-electron chi connectivity index (χ3n) is 2.70. The lowest BCUT2D eigenvalue weighted by molar-refractivity contribution is 0.586. The maximum Gasteiger partial charge on any atom is 0.180 e. The Labute approximate surface area is 120 Å². The number of nitrogens with zero attached hydrogens (tertiary/aromatic N) is 2. The van der Waals surface area contributed by atoms with Crippen LogP contribution in [0.3, 0.4) is 0 Å². The van der Waals surface area contributed by atoms with Gasteiger partial charge in [0.15, 0.2) is 9.84 Å². The van der Waals surface area contributed by atoms with Gasteiger partial charge in [-0.2, -0.15) is 0 Å². The summed E-state index contributed by atoms with van der Waals surface area (Å²) in [6, 6.07) is 4.81. The van der Waals surface area contributed by atoms with E-state index >= 15 is 0 Å². The minimum atomic E-state index is -3.34. The first-order valence-electron chi connectivity index (χ1n) is 5.72. The minimum Gasteiger partial charge on any atom is -0.398 e. The number of nitrogen functional groups attached to an aromatic ring is 1. The van der Waals surface area contributed by atoms with Crippen LogP contribution in [0.1, 0.15) is 6.42 Å². The molecule has 2 aromatic rings. The van der Waals surface area contributed by atoms with E-state index in [0.29, 0.717) is 13.0 Å². The Morgan fingerprint density at radius 3 is 2.79 bits per heavy atom. The highest BCUT2D eigenvalue weighted by atomic mass is 79.9. The molecule has 0 aliphatic carbocycles. The van der Waals surface area contributed by atoms with Crippen LogP contribution in [0.4, 0.5) is 5.69 Å². The SMILES string of the molecule is Nc1cc(Br)ccc1S(=O)(=O)CCCn1ccnc1. The summed E-state index contributed by atoms with van der Waals surface area (Å²) in [6.07, 6.45) is 5.66. The number of hydrogen-bond acceptors (Lipinski definition) is 4. The quantitative estimate of drug-likeness (QED) is 0.843. The van der Waals surface area contributed by atoms with E-state index in [0.717, 1.165) is 4.47 Å². The molecule has 0 radical (unpaired) electrons. The maximum absolute atomic E-state index is 12.2. The van der Waals surface area contributed by atoms with Crippen LogP contribution in [0, 0.1) is 0 Å². The average Bonchev–Trinajstić information content (AvgIpc) is 2.81. The van der Waals surface area contributed by atoms with Gasteiger partial charge in [0.1, 0.15) is 0 Å². The lowest BCUT2D eigenvalue weighted by Crippen LogP contribution is -2.11. The fourth-order valence-corrected chi connectivity index (χ4v) is 3.57. The summed E-state index contributed by atoms with van der Waals surface area (Å²) in [7, 11) is -3.34. The molecule has 0 aliphatic heterocycles. The van der Waals surface area contributed by atoms with Crippen molar-refractivity contribution in [2.45, 2.75) is 17.9 Å². The van der Waals surface area contributed by atoms with Crippen molar-refractivity contribution in [1.29, 1.82) is 0 Å². The predicted molar refractivity (Wildman–Crippen MR) is 77.5 cm³/mol. The van der Waals surface area contributed by atoms with E-state index < -0.39 is 9.84 Å². The van der Waals surface area contributed by atoms with Gasteiger partial charge in [-0.05, 0) is 24.6 Å². The molecule has 2 rings (SSSR count). The number of nitrogens with two attached hydrogens (primary N) is 1. The van der Waals surface area contributed by atoms with Crippen molar-refractivity contribution >= 4 is 31.5 Å². The van der Waals surface area contributed by atoms with Gasteiger partial charge < -0.3 is 10.3 Å². The second kappa shape index (κ2) is 5.75. The van der Waals surface area contributed by atoms with Gasteiger partial charge in [0.2, 0.25) is 0 Å². The van der Waals surface area contributed by atoms with Crippen LogP contribution >= 0.6 is 15.9 Å². The molecule has 0 spiro atoms. The molecular weight excluding hydrogens is 330 g/mol. The van der Waals surface area contributed by atoms with Gasteiger partial charge in [-0.25, -0.2) is 13.4 Å². The molecule has 102 valence electrons. The zero-order chi connectivity index (χ0) is 13.9. The third-order valence-corrected chi connectivity index (χ3v) is 5.06. The molecule has 0 unspecified atom stereocenters. The van der Waals surface area contributed by atoms with Crippen molar-refractivity contribution in [3.8, 4) is 0 Å². The molecule has 1 aromatic carbocycles. The molecule has 0 fully saturated rings. The highest BCUT2D eigenvalue weighted by Gasteiger charge is 2.17. The summed E-state index contributed by atoms with van der Waals surface area (Å²) in [5, 5.41) is 0. The summed E-state index contributed by atoms with van der Waals surface area (Å²) < 4.78 is 27.0. The predicted octanol–water partition coefficient (Wildman–Crippen LogP) is 2.09. The molecule has 0 saturated heterocycles. The summed E-state index contributed by atoms with van der Waals surface area (Å²) in [5.74, 6) is 0.0665. The number of halogens is 1. The van der Waals surface area contributed by atoms with Crippen LogP contribution in [-0.2, 0) is 16.4 Å². The minimum absolute atomic E-state index is 0.0665. The molecule has 0 aliphatic rings. The van der Waals surface area contributed by atoms with Crippen LogP contribution in [0.2, 0.25) is 0 Å². The number of rotatable bonds is 5. The summed E-state index contributed by atoms with van der Waals surface area (Å²) in [4.78, 5) is 4.10. The van der Waals surface area contributed by atoms with Crippen molar-refractivity contribution < 1.29 is 8.42 Å². The van der Waals surface area contributed by atoms with Gasteiger partial charge in [0.25, 0.3) is 0 Å². The van der Waals surface area contributed by atoms with Crippen LogP contribution in [0.15, 0.2) is 46.3 Å². The number of imidazole rings is 1. The van der Waals surface area contributed by atoms with Gasteiger partial charge in [-0.1, -0.05) is 15.9 Å². The second-order valence-corrected chi connectivity index (χ2v) is 7.15. The van der Waals surface area contributed by atoms with E-state index in [2.05, 4.69) is 20.9 Å². The van der Waals surface area contributed by atoms with Crippen LogP contribution in [0.25, 0.3) is 0 Å². The highest BCUT2D eigenvalue weighted by molar-refractivity contribution is 9.10. The Morgan fingerprint density at radius 1 is 1.37 bits per heavy atom. The van der Waals surface area contributed by atoms with Gasteiger partial charge in [0, 0.05) is 23.4 Å². The number of hydrogen-bond donors (Lipinski definition) is 1. The van der Waals surface area contributed by atoms with Crippen molar-refractivity contribution in [2.75, 3.05) is 11.5 Å². The average molecular weight is 344 g/mol. The van der Waals surface area contributed by atoms with Crippen molar-refractivity contribution in [1.82, 2.24) is 9.55 Å². The molecule has 0 bridgehead atoms. The Morgan fingerprint density at radius 2 is 2.16 bits per heavy atom. The van der Waals surface area contributed by atoms with Gasteiger partial charge in [-0.3, -0.25) is 0 Å². The van der Waals surface area contributed by atoms with Gasteiger partial charge in [0.05, 0.1) is 22.7 Å². The van der Waals surface area contributed by atoms with Crippen LogP contribution in [-0.4, -0.2) is 23.7 Å². The number of aromatic nitrogens is 2. The lowest BCUT2D eigenvalue weighted by Gasteiger charge is -2.08. The molecule has 0 amide bonds. The molecule has 0 atom stereocenters. The molecule has 1 heterocycles. The third kappa shape index (κ3) is 3.57. The van der Waals surface area contributed by atoms with E-state index in [1.54, 1.807) is 30.9 Å². The standard InChI is InChI=1S/C12H14BrN3O2S/c13-10-2-3-12(11(14)8-10)19(17,18)7-1-5-16-6-4-15-9-16/h2-4,6,8-9H,1,5,7,14H2. The van der Waals surface area contributed by atoms with E-state index in [1.807, 2.05) is 4.57 Å². The molecule has 5 nitrogen and oxygen atoms in total. The normalized spacial score (nSPS) is 11.6. The first kappa shape index (κ1) is 14.1. The lowest BCUT2D eigenvalue weighted by atomic mass is 10.3. The summed E-state index contributed by atoms with van der Waals surface area (Å²) in [6.45, 7) is 0.621. The number of anilines is 1. The molecular formula is C12H14BrN3O2S. The Bertz CT molecular complexity index is 654. The number of aryl methyl sites for hydroxylation is 1. The van der Waals surface area contributed by atoms with Crippen molar-refractivity contribution in [2.24, 2.45) is 0 Å². The molecule has 1 aromatic heterocycles. The molecule has 2 N–H and O–H groups in total. The number of benzene rings is 1. The Hall–Kier alpha value is -1.34. The van der Waals surface area contributed by atoms with Crippen molar-refractivity contribution in [3.63, 3.8) is 0 Å². The van der Waals surface area contributed by atoms with Gasteiger partial charge in [-0.15, -0.1) is 0 Å². The van der Waals surface area contributed by atoms with E-state index in [1.165, 1.54) is 6.07 Å². The number of sulfone groups is 1. The summed E-state index contributed by atoms with van der Waals surface area (Å²) >= 11 is 3.26. The Balaban J connectivity index is 2.05. The van der Waals surface area contributed by atoms with Gasteiger partial charge >= 0.3 is 0 Å². The fourth-order valence-electron chi connectivity index (χ4n) is 1.77. The van der Waals surface area contributed by atoms with E-state index in [9.17, 15) is 8.42 Å². The maximum atomic E-state index is 12.2. The zero-order valence-corrected chi connectivity index (χ0v) is 12.6. The summed E-state index contributed by atoms with van der Waals surface area (Å²) in [5.41, 5.74) is 6.02. The van der Waals surface area contributed by atoms with Crippen LogP contribution in [0.5, 0.6) is 0 Å². The fraction of sp³-hybridized carbons (Fsp3) is 0.250. The molecule has 7 heteroatoms. The zero-order valence-electron chi connectivity index (χ0n) is 10.2. The van der Waals surface area contributed by atoms with E-state index in [4.69, 9.17) is 5.73 Å². The second-order valence-electron chi connectivity index (χ2n) is 4.16. The first-order chi connectivity index (χ1) is 8.99. The largest absolute Gasteiger partial charge is 0.398 e. The molecule has 19 heavy (non-hydrogen) atoms. The molecule has 0 saturated carbocycles. The monoisotopic (exact) mass is 343 g/mol.